The molecule has 0 aliphatic heterocycles. The van der Waals surface area contributed by atoms with Gasteiger partial charge in [-0.2, -0.15) is 0 Å². The molecule has 8 heteroatoms. The number of ether oxygens (including phenoxy) is 4. The second-order valence-corrected chi connectivity index (χ2v) is 12.4. The molecule has 3 aromatic rings. The summed E-state index contributed by atoms with van der Waals surface area (Å²) in [5, 5.41) is 3.63. The normalized spacial score (nSPS) is 11.3. The van der Waals surface area contributed by atoms with E-state index in [-0.39, 0.29) is 18.2 Å². The Morgan fingerprint density at radius 3 is 2.25 bits per heavy atom. The van der Waals surface area contributed by atoms with Crippen LogP contribution >= 0.6 is 11.6 Å². The standard InChI is InChI=1S/C36H49ClN2O5/c1-6-7-8-9-10-21-39(25-28-13-18-32(19-14-28)44-27-42-23-22-41-5)35(40)38-33-20-17-31(37)24-34(33)43-26-29-11-15-30(16-12-29)36(2,3)4/h11-20,24H,6-10,21-23,25-27H2,1-5H3,(H,38,40). The Hall–Kier alpha value is -3.26. The van der Waals surface area contributed by atoms with Crippen LogP contribution in [0.2, 0.25) is 5.02 Å². The number of nitrogens with one attached hydrogen (secondary N) is 1. The molecule has 7 nitrogen and oxygen atoms in total. The summed E-state index contributed by atoms with van der Waals surface area (Å²) in [5.74, 6) is 1.24. The maximum Gasteiger partial charge on any atom is 0.322 e. The third kappa shape index (κ3) is 12.4. The van der Waals surface area contributed by atoms with Gasteiger partial charge in [0.1, 0.15) is 18.1 Å². The fraction of sp³-hybridized carbons (Fsp3) is 0.472. The highest BCUT2D eigenvalue weighted by molar-refractivity contribution is 6.30. The molecular formula is C36H49ClN2O5. The van der Waals surface area contributed by atoms with Gasteiger partial charge in [-0.1, -0.05) is 101 Å². The van der Waals surface area contributed by atoms with Crippen LogP contribution in [0.4, 0.5) is 10.5 Å². The van der Waals surface area contributed by atoms with Gasteiger partial charge >= 0.3 is 6.03 Å². The summed E-state index contributed by atoms with van der Waals surface area (Å²) in [6.45, 7) is 11.4. The highest BCUT2D eigenvalue weighted by atomic mass is 35.5. The van der Waals surface area contributed by atoms with Crippen molar-refractivity contribution in [3.8, 4) is 11.5 Å². The minimum Gasteiger partial charge on any atom is -0.487 e. The van der Waals surface area contributed by atoms with Crippen molar-refractivity contribution in [2.24, 2.45) is 0 Å². The van der Waals surface area contributed by atoms with Gasteiger partial charge in [0.05, 0.1) is 18.9 Å². The van der Waals surface area contributed by atoms with E-state index >= 15 is 0 Å². The molecule has 0 saturated carbocycles. The predicted molar refractivity (Wildman–Crippen MR) is 179 cm³/mol. The van der Waals surface area contributed by atoms with Crippen molar-refractivity contribution >= 4 is 23.3 Å². The lowest BCUT2D eigenvalue weighted by Gasteiger charge is -2.24. The van der Waals surface area contributed by atoms with Gasteiger partial charge in [-0.3, -0.25) is 0 Å². The van der Waals surface area contributed by atoms with Gasteiger partial charge in [-0.05, 0) is 52.8 Å². The molecule has 3 aromatic carbocycles. The Morgan fingerprint density at radius 1 is 0.864 bits per heavy atom. The van der Waals surface area contributed by atoms with E-state index in [1.807, 2.05) is 29.2 Å². The Bertz CT molecular complexity index is 1260. The second-order valence-electron chi connectivity index (χ2n) is 11.9. The molecule has 0 saturated heterocycles. The summed E-state index contributed by atoms with van der Waals surface area (Å²) >= 11 is 6.33. The Balaban J connectivity index is 1.66. The van der Waals surface area contributed by atoms with Gasteiger partial charge in [0.25, 0.3) is 0 Å². The average molecular weight is 625 g/mol. The first-order valence-corrected chi connectivity index (χ1v) is 15.9. The number of unbranched alkanes of at least 4 members (excludes halogenated alkanes) is 4. The lowest BCUT2D eigenvalue weighted by atomic mass is 9.87. The van der Waals surface area contributed by atoms with Crippen molar-refractivity contribution < 1.29 is 23.7 Å². The molecule has 2 amide bonds. The van der Waals surface area contributed by atoms with E-state index in [1.165, 1.54) is 18.4 Å². The van der Waals surface area contributed by atoms with Gasteiger partial charge in [-0.15, -0.1) is 0 Å². The van der Waals surface area contributed by atoms with Gasteiger partial charge in [-0.25, -0.2) is 4.79 Å². The molecular weight excluding hydrogens is 576 g/mol. The monoisotopic (exact) mass is 624 g/mol. The Morgan fingerprint density at radius 2 is 1.57 bits per heavy atom. The quantitative estimate of drug-likeness (QED) is 0.113. The van der Waals surface area contributed by atoms with Crippen LogP contribution in [0.15, 0.2) is 66.7 Å². The van der Waals surface area contributed by atoms with Crippen LogP contribution in [0.25, 0.3) is 0 Å². The van der Waals surface area contributed by atoms with E-state index < -0.39 is 0 Å². The molecule has 0 radical (unpaired) electrons. The molecule has 0 aliphatic rings. The molecule has 0 spiro atoms. The van der Waals surface area contributed by atoms with Crippen LogP contribution in [-0.4, -0.2) is 44.6 Å². The number of hydrogen-bond donors (Lipinski definition) is 1. The number of carbonyl (C=O) groups is 1. The molecule has 0 atom stereocenters. The van der Waals surface area contributed by atoms with Crippen molar-refractivity contribution in [3.63, 3.8) is 0 Å². The van der Waals surface area contributed by atoms with Gasteiger partial charge in [0.2, 0.25) is 0 Å². The summed E-state index contributed by atoms with van der Waals surface area (Å²) < 4.78 is 22.2. The highest BCUT2D eigenvalue weighted by Crippen LogP contribution is 2.30. The van der Waals surface area contributed by atoms with Crippen molar-refractivity contribution in [2.75, 3.05) is 39.0 Å². The highest BCUT2D eigenvalue weighted by Gasteiger charge is 2.17. The van der Waals surface area contributed by atoms with E-state index in [9.17, 15) is 4.79 Å². The molecule has 3 rings (SSSR count). The number of rotatable bonds is 18. The van der Waals surface area contributed by atoms with Crippen molar-refractivity contribution in [1.29, 1.82) is 0 Å². The fourth-order valence-electron chi connectivity index (χ4n) is 4.56. The van der Waals surface area contributed by atoms with Crippen LogP contribution in [0.1, 0.15) is 76.5 Å². The number of urea groups is 1. The van der Waals surface area contributed by atoms with Crippen LogP contribution in [0, 0.1) is 0 Å². The zero-order valence-electron chi connectivity index (χ0n) is 27.0. The summed E-state index contributed by atoms with van der Waals surface area (Å²) in [7, 11) is 1.63. The van der Waals surface area contributed by atoms with Crippen LogP contribution < -0.4 is 14.8 Å². The first-order chi connectivity index (χ1) is 21.2. The lowest BCUT2D eigenvalue weighted by Crippen LogP contribution is -2.35. The first kappa shape index (κ1) is 35.2. The average Bonchev–Trinajstić information content (AvgIpc) is 3.00. The molecule has 0 bridgehead atoms. The van der Waals surface area contributed by atoms with Crippen molar-refractivity contribution in [2.45, 2.75) is 78.4 Å². The number of nitrogens with zero attached hydrogens (tertiary/aromatic N) is 1. The third-order valence-corrected chi connectivity index (χ3v) is 7.49. The summed E-state index contributed by atoms with van der Waals surface area (Å²) in [6.07, 6.45) is 5.55. The summed E-state index contributed by atoms with van der Waals surface area (Å²) in [4.78, 5) is 15.5. The summed E-state index contributed by atoms with van der Waals surface area (Å²) in [6, 6.07) is 21.3. The predicted octanol–water partition coefficient (Wildman–Crippen LogP) is 9.22. The van der Waals surface area contributed by atoms with Gasteiger partial charge in [0, 0.05) is 31.3 Å². The van der Waals surface area contributed by atoms with Crippen LogP contribution in [0.5, 0.6) is 11.5 Å². The molecule has 0 unspecified atom stereocenters. The van der Waals surface area contributed by atoms with Gasteiger partial charge in [0.15, 0.2) is 6.79 Å². The minimum absolute atomic E-state index is 0.0839. The number of hydrogen-bond acceptors (Lipinski definition) is 5. The number of anilines is 1. The maximum atomic E-state index is 13.6. The lowest BCUT2D eigenvalue weighted by molar-refractivity contribution is -0.00848. The zero-order chi connectivity index (χ0) is 31.8. The van der Waals surface area contributed by atoms with E-state index in [2.05, 4.69) is 57.3 Å². The van der Waals surface area contributed by atoms with E-state index in [0.29, 0.717) is 55.1 Å². The number of carbonyl (C=O) groups excluding carboxylic acids is 1. The maximum absolute atomic E-state index is 13.6. The zero-order valence-corrected chi connectivity index (χ0v) is 27.8. The summed E-state index contributed by atoms with van der Waals surface area (Å²) in [5.41, 5.74) is 3.98. The molecule has 0 fully saturated rings. The number of halogens is 1. The van der Waals surface area contributed by atoms with Crippen LogP contribution in [0.3, 0.4) is 0 Å². The largest absolute Gasteiger partial charge is 0.487 e. The van der Waals surface area contributed by atoms with Crippen molar-refractivity contribution in [1.82, 2.24) is 4.90 Å². The smallest absolute Gasteiger partial charge is 0.322 e. The molecule has 0 heterocycles. The SMILES string of the molecule is CCCCCCCN(Cc1ccc(OCOCCOC)cc1)C(=O)Nc1ccc(Cl)cc1OCc1ccc(C(C)(C)C)cc1. The van der Waals surface area contributed by atoms with Gasteiger partial charge < -0.3 is 29.2 Å². The van der Waals surface area contributed by atoms with E-state index in [0.717, 1.165) is 30.4 Å². The first-order valence-electron chi connectivity index (χ1n) is 15.6. The molecule has 240 valence electrons. The van der Waals surface area contributed by atoms with E-state index in [1.54, 1.807) is 25.3 Å². The van der Waals surface area contributed by atoms with Crippen LogP contribution in [-0.2, 0) is 28.0 Å². The number of amides is 2. The molecule has 0 aliphatic carbocycles. The number of benzene rings is 3. The topological polar surface area (TPSA) is 69.3 Å². The fourth-order valence-corrected chi connectivity index (χ4v) is 4.72. The van der Waals surface area contributed by atoms with Crippen molar-refractivity contribution in [3.05, 3.63) is 88.4 Å². The minimum atomic E-state index is -0.186. The van der Waals surface area contributed by atoms with E-state index in [4.69, 9.17) is 30.5 Å². The Kier molecular flexibility index (Phi) is 14.8. The second kappa shape index (κ2) is 18.5. The third-order valence-electron chi connectivity index (χ3n) is 7.26. The number of methoxy groups -OCH3 is 1. The molecule has 1 N–H and O–H groups in total. The molecule has 44 heavy (non-hydrogen) atoms. The Labute approximate surface area is 268 Å². The molecule has 0 aromatic heterocycles.